The minimum Gasteiger partial charge on any atom is -0.372 e. The minimum absolute atomic E-state index is 0.0231. The molecule has 4 nitrogen and oxygen atoms in total. The number of aryl methyl sites for hydroxylation is 1. The van der Waals surface area contributed by atoms with Crippen LogP contribution in [0.15, 0.2) is 24.3 Å². The maximum atomic E-state index is 12.5. The molecule has 2 aromatic rings. The predicted molar refractivity (Wildman–Crippen MR) is 86.7 cm³/mol. The molecule has 1 aromatic heterocycles. The lowest BCUT2D eigenvalue weighted by molar-refractivity contribution is 0.103. The summed E-state index contributed by atoms with van der Waals surface area (Å²) in [5, 5.41) is 0. The largest absolute Gasteiger partial charge is 0.372 e. The Morgan fingerprint density at radius 1 is 1.10 bits per heavy atom. The maximum Gasteiger partial charge on any atom is 0.211 e. The quantitative estimate of drug-likeness (QED) is 0.673. The van der Waals surface area contributed by atoms with Gasteiger partial charge in [-0.15, -0.1) is 0 Å². The van der Waals surface area contributed by atoms with Crippen LogP contribution in [0.1, 0.15) is 41.0 Å². The molecular weight excluding hydrogens is 282 g/mol. The zero-order valence-electron chi connectivity index (χ0n) is 12.1. The number of anilines is 1. The highest BCUT2D eigenvalue weighted by Crippen LogP contribution is 2.21. The molecular formula is C16H19N3OS. The zero-order chi connectivity index (χ0) is 14.8. The molecule has 5 heteroatoms. The molecule has 0 atom stereocenters. The van der Waals surface area contributed by atoms with E-state index in [1.54, 1.807) is 0 Å². The van der Waals surface area contributed by atoms with Gasteiger partial charge >= 0.3 is 0 Å². The van der Waals surface area contributed by atoms with Gasteiger partial charge < -0.3 is 14.9 Å². The van der Waals surface area contributed by atoms with E-state index in [0.29, 0.717) is 16.0 Å². The molecule has 1 aliphatic rings. The first-order chi connectivity index (χ1) is 10.1. The lowest BCUT2D eigenvalue weighted by Gasteiger charge is -2.28. The number of nitrogens with one attached hydrogen (secondary N) is 2. The molecule has 0 bridgehead atoms. The molecule has 1 aliphatic heterocycles. The van der Waals surface area contributed by atoms with Crippen molar-refractivity contribution in [2.45, 2.75) is 26.2 Å². The molecule has 2 N–H and O–H groups in total. The fourth-order valence-corrected chi connectivity index (χ4v) is 3.07. The third-order valence-electron chi connectivity index (χ3n) is 3.99. The van der Waals surface area contributed by atoms with Gasteiger partial charge in [-0.2, -0.15) is 0 Å². The lowest BCUT2D eigenvalue weighted by atomic mass is 10.1. The van der Waals surface area contributed by atoms with Crippen molar-refractivity contribution in [3.63, 3.8) is 0 Å². The van der Waals surface area contributed by atoms with Crippen LogP contribution in [0.4, 0.5) is 5.69 Å². The molecule has 0 aliphatic carbocycles. The summed E-state index contributed by atoms with van der Waals surface area (Å²) in [5.74, 6) is -0.0231. The Balaban J connectivity index is 1.82. The van der Waals surface area contributed by atoms with E-state index in [0.717, 1.165) is 18.8 Å². The lowest BCUT2D eigenvalue weighted by Crippen LogP contribution is -2.29. The van der Waals surface area contributed by atoms with Gasteiger partial charge in [0.2, 0.25) is 5.78 Å². The van der Waals surface area contributed by atoms with E-state index < -0.39 is 0 Å². The summed E-state index contributed by atoms with van der Waals surface area (Å²) in [4.78, 5) is 20.7. The summed E-state index contributed by atoms with van der Waals surface area (Å²) in [5.41, 5.74) is 3.21. The van der Waals surface area contributed by atoms with Gasteiger partial charge in [-0.1, -0.05) is 0 Å². The zero-order valence-corrected chi connectivity index (χ0v) is 12.9. The van der Waals surface area contributed by atoms with Gasteiger partial charge in [0, 0.05) is 30.0 Å². The van der Waals surface area contributed by atoms with Crippen LogP contribution in [0.25, 0.3) is 0 Å². The third kappa shape index (κ3) is 2.93. The van der Waals surface area contributed by atoms with E-state index in [1.807, 2.05) is 31.2 Å². The summed E-state index contributed by atoms with van der Waals surface area (Å²) in [6.45, 7) is 4.07. The smallest absolute Gasteiger partial charge is 0.211 e. The Morgan fingerprint density at radius 2 is 1.76 bits per heavy atom. The number of H-pyrrole nitrogens is 2. The topological polar surface area (TPSA) is 51.9 Å². The molecule has 21 heavy (non-hydrogen) atoms. The van der Waals surface area contributed by atoms with Gasteiger partial charge in [-0.05, 0) is 62.7 Å². The number of aromatic amines is 2. The number of ketones is 1. The Labute approximate surface area is 129 Å². The molecule has 0 saturated carbocycles. The van der Waals surface area contributed by atoms with Gasteiger partial charge in [0.25, 0.3) is 0 Å². The Bertz CT molecular complexity index is 693. The van der Waals surface area contributed by atoms with E-state index in [-0.39, 0.29) is 5.78 Å². The van der Waals surface area contributed by atoms with Crippen LogP contribution in [-0.4, -0.2) is 28.8 Å². The first-order valence-corrected chi connectivity index (χ1v) is 7.74. The average molecular weight is 301 g/mol. The number of nitrogens with zero attached hydrogens (tertiary/aromatic N) is 1. The van der Waals surface area contributed by atoms with Crippen molar-refractivity contribution in [2.75, 3.05) is 18.0 Å². The highest BCUT2D eigenvalue weighted by atomic mass is 32.1. The molecule has 1 fully saturated rings. The molecule has 0 amide bonds. The molecule has 0 radical (unpaired) electrons. The number of hydrogen-bond acceptors (Lipinski definition) is 3. The Kier molecular flexibility index (Phi) is 3.92. The monoisotopic (exact) mass is 301 g/mol. The van der Waals surface area contributed by atoms with Crippen LogP contribution in [0.2, 0.25) is 0 Å². The first kappa shape index (κ1) is 14.1. The van der Waals surface area contributed by atoms with E-state index in [9.17, 15) is 4.79 Å². The number of carbonyl (C=O) groups is 1. The van der Waals surface area contributed by atoms with Gasteiger partial charge in [0.1, 0.15) is 5.69 Å². The third-order valence-corrected chi connectivity index (χ3v) is 4.20. The van der Waals surface area contributed by atoms with Crippen molar-refractivity contribution < 1.29 is 4.79 Å². The minimum atomic E-state index is -0.0231. The second kappa shape index (κ2) is 5.85. The molecule has 110 valence electrons. The summed E-state index contributed by atoms with van der Waals surface area (Å²) in [6, 6.07) is 7.87. The Morgan fingerprint density at radius 3 is 2.33 bits per heavy atom. The fourth-order valence-electron chi connectivity index (χ4n) is 2.82. The molecule has 0 unspecified atom stereocenters. The standard InChI is InChI=1S/C16H19N3OS/c1-11-14(18-16(21)17-11)15(20)12-5-7-13(8-6-12)19-9-3-2-4-10-19/h5-8H,2-4,9-10H2,1H3,(H2,17,18,21). The van der Waals surface area contributed by atoms with E-state index >= 15 is 0 Å². The van der Waals surface area contributed by atoms with Crippen molar-refractivity contribution >= 4 is 23.7 Å². The van der Waals surface area contributed by atoms with Crippen LogP contribution in [-0.2, 0) is 0 Å². The predicted octanol–water partition coefficient (Wildman–Crippen LogP) is 3.60. The van der Waals surface area contributed by atoms with Crippen LogP contribution >= 0.6 is 12.2 Å². The van der Waals surface area contributed by atoms with Crippen LogP contribution in [0.5, 0.6) is 0 Å². The summed E-state index contributed by atoms with van der Waals surface area (Å²) < 4.78 is 0.487. The molecule has 3 rings (SSSR count). The normalized spacial score (nSPS) is 15.2. The highest BCUT2D eigenvalue weighted by Gasteiger charge is 2.15. The van der Waals surface area contributed by atoms with Gasteiger partial charge in [-0.25, -0.2) is 0 Å². The van der Waals surface area contributed by atoms with Crippen molar-refractivity contribution in [1.29, 1.82) is 0 Å². The number of carbonyl (C=O) groups excluding carboxylic acids is 1. The summed E-state index contributed by atoms with van der Waals surface area (Å²) in [6.07, 6.45) is 3.82. The van der Waals surface area contributed by atoms with Gasteiger partial charge in [0.15, 0.2) is 4.77 Å². The molecule has 0 spiro atoms. The van der Waals surface area contributed by atoms with Gasteiger partial charge in [-0.3, -0.25) is 4.79 Å². The number of piperidine rings is 1. The number of imidazole rings is 1. The number of hydrogen-bond donors (Lipinski definition) is 2. The van der Waals surface area contributed by atoms with Crippen LogP contribution in [0.3, 0.4) is 0 Å². The van der Waals surface area contributed by atoms with Crippen molar-refractivity contribution in [3.05, 3.63) is 46.0 Å². The summed E-state index contributed by atoms with van der Waals surface area (Å²) >= 11 is 5.03. The molecule has 1 aromatic carbocycles. The highest BCUT2D eigenvalue weighted by molar-refractivity contribution is 7.71. The maximum absolute atomic E-state index is 12.5. The van der Waals surface area contributed by atoms with Gasteiger partial charge in [0.05, 0.1) is 0 Å². The van der Waals surface area contributed by atoms with E-state index in [4.69, 9.17) is 12.2 Å². The van der Waals surface area contributed by atoms with Crippen LogP contribution in [0, 0.1) is 11.7 Å². The molecule has 2 heterocycles. The van der Waals surface area contributed by atoms with E-state index in [1.165, 1.54) is 24.9 Å². The second-order valence-corrected chi connectivity index (χ2v) is 5.91. The Hall–Kier alpha value is -1.88. The number of benzene rings is 1. The average Bonchev–Trinajstić information content (AvgIpc) is 2.86. The van der Waals surface area contributed by atoms with E-state index in [2.05, 4.69) is 14.9 Å². The number of aromatic nitrogens is 2. The second-order valence-electron chi connectivity index (χ2n) is 5.50. The SMILES string of the molecule is Cc1[nH]c(=S)[nH]c1C(=O)c1ccc(N2CCCCC2)cc1. The van der Waals surface area contributed by atoms with Crippen molar-refractivity contribution in [3.8, 4) is 0 Å². The first-order valence-electron chi connectivity index (χ1n) is 7.34. The molecule has 1 saturated heterocycles. The summed E-state index contributed by atoms with van der Waals surface area (Å²) in [7, 11) is 0. The number of rotatable bonds is 3. The fraction of sp³-hybridized carbons (Fsp3) is 0.375. The van der Waals surface area contributed by atoms with Crippen molar-refractivity contribution in [2.24, 2.45) is 0 Å². The van der Waals surface area contributed by atoms with Crippen molar-refractivity contribution in [1.82, 2.24) is 9.97 Å². The van der Waals surface area contributed by atoms with Crippen LogP contribution < -0.4 is 4.90 Å².